The molecule has 88 valence electrons. The van der Waals surface area contributed by atoms with Crippen LogP contribution in [0.1, 0.15) is 12.5 Å². The monoisotopic (exact) mass is 230 g/mol. The number of halogens is 2. The molecule has 5 heteroatoms. The van der Waals surface area contributed by atoms with Crippen LogP contribution in [0.15, 0.2) is 12.1 Å². The topological polar surface area (TPSA) is 35.5 Å². The highest BCUT2D eigenvalue weighted by Gasteiger charge is 2.16. The van der Waals surface area contributed by atoms with Gasteiger partial charge in [0.1, 0.15) is 0 Å². The largest absolute Gasteiger partial charge is 0.493 e. The third-order valence-corrected chi connectivity index (χ3v) is 1.98. The Morgan fingerprint density at radius 3 is 2.62 bits per heavy atom. The molecular weight excluding hydrogens is 218 g/mol. The average Bonchev–Trinajstić information content (AvgIpc) is 2.24. The van der Waals surface area contributed by atoms with Crippen molar-refractivity contribution in [3.8, 4) is 5.75 Å². The minimum absolute atomic E-state index is 0.145. The van der Waals surface area contributed by atoms with Crippen LogP contribution in [0.25, 0.3) is 0 Å². The molecule has 0 aromatic heterocycles. The predicted molar refractivity (Wildman–Crippen MR) is 53.2 cm³/mol. The van der Waals surface area contributed by atoms with E-state index in [1.807, 2.05) is 0 Å². The third-order valence-electron chi connectivity index (χ3n) is 1.98. The summed E-state index contributed by atoms with van der Waals surface area (Å²) in [7, 11) is 1.21. The van der Waals surface area contributed by atoms with Gasteiger partial charge in [-0.05, 0) is 13.0 Å². The molecule has 0 unspecified atom stereocenters. The van der Waals surface area contributed by atoms with Gasteiger partial charge in [0, 0.05) is 5.56 Å². The molecule has 0 N–H and O–H groups in total. The smallest absolute Gasteiger partial charge is 0.310 e. The highest BCUT2D eigenvalue weighted by atomic mass is 19.2. The number of esters is 1. The Hall–Kier alpha value is -1.65. The zero-order valence-corrected chi connectivity index (χ0v) is 9.05. The van der Waals surface area contributed by atoms with Crippen molar-refractivity contribution in [3.05, 3.63) is 29.3 Å². The van der Waals surface area contributed by atoms with Crippen molar-refractivity contribution in [2.24, 2.45) is 0 Å². The minimum Gasteiger partial charge on any atom is -0.493 e. The molecule has 0 aliphatic carbocycles. The molecule has 0 saturated carbocycles. The highest BCUT2D eigenvalue weighted by molar-refractivity contribution is 5.73. The second-order valence-corrected chi connectivity index (χ2v) is 3.04. The Labute approximate surface area is 92.0 Å². The first-order chi connectivity index (χ1) is 7.60. The minimum atomic E-state index is -1.09. The summed E-state index contributed by atoms with van der Waals surface area (Å²) in [6, 6.07) is 2.25. The van der Waals surface area contributed by atoms with E-state index < -0.39 is 17.6 Å². The summed E-state index contributed by atoms with van der Waals surface area (Å²) in [6.45, 7) is 1.91. The standard InChI is InChI=1S/C11H12F2O3/c1-3-16-9(14)6-7-4-5-8(12)10(13)11(7)15-2/h4-5H,3,6H2,1-2H3. The maximum absolute atomic E-state index is 13.2. The Balaban J connectivity index is 2.96. The molecule has 16 heavy (non-hydrogen) atoms. The molecule has 0 bridgehead atoms. The zero-order valence-electron chi connectivity index (χ0n) is 9.05. The summed E-state index contributed by atoms with van der Waals surface area (Å²) in [6.07, 6.45) is -0.145. The molecule has 0 aliphatic heterocycles. The summed E-state index contributed by atoms with van der Waals surface area (Å²) in [5, 5.41) is 0. The van der Waals surface area contributed by atoms with Crippen LogP contribution in [-0.2, 0) is 16.0 Å². The van der Waals surface area contributed by atoms with Crippen LogP contribution in [-0.4, -0.2) is 19.7 Å². The Morgan fingerprint density at radius 1 is 1.38 bits per heavy atom. The molecule has 0 fully saturated rings. The van der Waals surface area contributed by atoms with Crippen molar-refractivity contribution in [3.63, 3.8) is 0 Å². The average molecular weight is 230 g/mol. The Morgan fingerprint density at radius 2 is 2.06 bits per heavy atom. The van der Waals surface area contributed by atoms with E-state index in [4.69, 9.17) is 9.47 Å². The van der Waals surface area contributed by atoms with Gasteiger partial charge in [-0.15, -0.1) is 0 Å². The van der Waals surface area contributed by atoms with Gasteiger partial charge in [0.2, 0.25) is 5.82 Å². The lowest BCUT2D eigenvalue weighted by atomic mass is 10.1. The summed E-state index contributed by atoms with van der Waals surface area (Å²) in [4.78, 5) is 11.2. The van der Waals surface area contributed by atoms with Gasteiger partial charge in [-0.3, -0.25) is 4.79 Å². The van der Waals surface area contributed by atoms with Gasteiger partial charge in [0.05, 0.1) is 20.1 Å². The number of carbonyl (C=O) groups excluding carboxylic acids is 1. The second kappa shape index (κ2) is 5.44. The van der Waals surface area contributed by atoms with Crippen molar-refractivity contribution in [2.45, 2.75) is 13.3 Å². The fourth-order valence-corrected chi connectivity index (χ4v) is 1.30. The van der Waals surface area contributed by atoms with E-state index >= 15 is 0 Å². The molecule has 0 saturated heterocycles. The van der Waals surface area contributed by atoms with E-state index in [9.17, 15) is 13.6 Å². The molecule has 3 nitrogen and oxygen atoms in total. The predicted octanol–water partition coefficient (Wildman–Crippen LogP) is 2.08. The molecule has 0 aliphatic rings. The molecule has 0 spiro atoms. The number of benzene rings is 1. The first-order valence-electron chi connectivity index (χ1n) is 4.76. The van der Waals surface area contributed by atoms with Gasteiger partial charge in [-0.1, -0.05) is 6.07 Å². The molecular formula is C11H12F2O3. The lowest BCUT2D eigenvalue weighted by Gasteiger charge is -2.09. The maximum Gasteiger partial charge on any atom is 0.310 e. The quantitative estimate of drug-likeness (QED) is 0.743. The molecule has 0 radical (unpaired) electrons. The summed E-state index contributed by atoms with van der Waals surface area (Å²) in [5.74, 6) is -2.87. The van der Waals surface area contributed by atoms with E-state index in [-0.39, 0.29) is 24.3 Å². The van der Waals surface area contributed by atoms with Gasteiger partial charge in [-0.2, -0.15) is 4.39 Å². The lowest BCUT2D eigenvalue weighted by Crippen LogP contribution is -2.09. The lowest BCUT2D eigenvalue weighted by molar-refractivity contribution is -0.142. The van der Waals surface area contributed by atoms with E-state index in [1.54, 1.807) is 6.92 Å². The Bertz CT molecular complexity index is 391. The van der Waals surface area contributed by atoms with Gasteiger partial charge in [0.25, 0.3) is 0 Å². The summed E-state index contributed by atoms with van der Waals surface area (Å²) in [5.41, 5.74) is 0.264. The van der Waals surface area contributed by atoms with Crippen LogP contribution in [0.5, 0.6) is 5.75 Å². The van der Waals surface area contributed by atoms with Crippen molar-refractivity contribution in [1.29, 1.82) is 0 Å². The normalized spacial score (nSPS) is 10.0. The molecule has 0 atom stereocenters. The van der Waals surface area contributed by atoms with E-state index in [1.165, 1.54) is 13.2 Å². The SMILES string of the molecule is CCOC(=O)Cc1ccc(F)c(F)c1OC. The fraction of sp³-hybridized carbons (Fsp3) is 0.364. The second-order valence-electron chi connectivity index (χ2n) is 3.04. The van der Waals surface area contributed by atoms with Crippen LogP contribution < -0.4 is 4.74 Å². The van der Waals surface area contributed by atoms with Gasteiger partial charge in [-0.25, -0.2) is 4.39 Å². The molecule has 1 aromatic rings. The van der Waals surface area contributed by atoms with E-state index in [2.05, 4.69) is 0 Å². The van der Waals surface area contributed by atoms with Crippen LogP contribution in [0.2, 0.25) is 0 Å². The van der Waals surface area contributed by atoms with Crippen molar-refractivity contribution in [2.75, 3.05) is 13.7 Å². The van der Waals surface area contributed by atoms with Crippen molar-refractivity contribution in [1.82, 2.24) is 0 Å². The number of carbonyl (C=O) groups is 1. The molecule has 1 aromatic carbocycles. The summed E-state index contributed by atoms with van der Waals surface area (Å²) >= 11 is 0. The zero-order chi connectivity index (χ0) is 12.1. The number of hydrogen-bond acceptors (Lipinski definition) is 3. The number of ether oxygens (including phenoxy) is 2. The first-order valence-corrected chi connectivity index (χ1v) is 4.76. The van der Waals surface area contributed by atoms with Gasteiger partial charge in [0.15, 0.2) is 11.6 Å². The molecule has 0 amide bonds. The number of rotatable bonds is 4. The Kier molecular flexibility index (Phi) is 4.22. The third kappa shape index (κ3) is 2.68. The maximum atomic E-state index is 13.2. The van der Waals surface area contributed by atoms with Gasteiger partial charge < -0.3 is 9.47 Å². The first kappa shape index (κ1) is 12.4. The fourth-order valence-electron chi connectivity index (χ4n) is 1.30. The highest BCUT2D eigenvalue weighted by Crippen LogP contribution is 2.25. The molecule has 1 rings (SSSR count). The van der Waals surface area contributed by atoms with Crippen molar-refractivity contribution < 1.29 is 23.0 Å². The van der Waals surface area contributed by atoms with Crippen molar-refractivity contribution >= 4 is 5.97 Å². The summed E-state index contributed by atoms with van der Waals surface area (Å²) < 4.78 is 35.5. The number of hydrogen-bond donors (Lipinski definition) is 0. The molecule has 0 heterocycles. The van der Waals surface area contributed by atoms with Crippen LogP contribution in [0.3, 0.4) is 0 Å². The number of methoxy groups -OCH3 is 1. The van der Waals surface area contributed by atoms with Crippen LogP contribution in [0.4, 0.5) is 8.78 Å². The van der Waals surface area contributed by atoms with Gasteiger partial charge >= 0.3 is 5.97 Å². The van der Waals surface area contributed by atoms with E-state index in [0.717, 1.165) is 6.07 Å². The van der Waals surface area contributed by atoms with E-state index in [0.29, 0.717) is 0 Å². The van der Waals surface area contributed by atoms with Crippen LogP contribution >= 0.6 is 0 Å². The van der Waals surface area contributed by atoms with Crippen LogP contribution in [0, 0.1) is 11.6 Å².